The molecule has 2 aromatic rings. The monoisotopic (exact) mass is 338 g/mol. The molecule has 22 heavy (non-hydrogen) atoms. The average Bonchev–Trinajstić information content (AvgIpc) is 2.45. The van der Waals surface area contributed by atoms with E-state index < -0.39 is 0 Å². The van der Waals surface area contributed by atoms with Crippen molar-refractivity contribution >= 4 is 23.2 Å². The van der Waals surface area contributed by atoms with Crippen LogP contribution < -0.4 is 10.1 Å². The Kier molecular flexibility index (Phi) is 5.74. The van der Waals surface area contributed by atoms with E-state index in [4.69, 9.17) is 27.9 Å². The molecule has 118 valence electrons. The van der Waals surface area contributed by atoms with Crippen molar-refractivity contribution in [3.63, 3.8) is 0 Å². The summed E-state index contributed by atoms with van der Waals surface area (Å²) >= 11 is 12.3. The molecule has 0 atom stereocenters. The summed E-state index contributed by atoms with van der Waals surface area (Å²) in [6.07, 6.45) is 0. The number of benzene rings is 2. The normalized spacial score (nSPS) is 11.5. The van der Waals surface area contributed by atoms with E-state index in [0.717, 1.165) is 33.5 Å². The summed E-state index contributed by atoms with van der Waals surface area (Å²) in [5, 5.41) is 3.71. The van der Waals surface area contributed by atoms with Crippen LogP contribution in [0.1, 0.15) is 31.9 Å². The Morgan fingerprint density at radius 3 is 2.41 bits per heavy atom. The topological polar surface area (TPSA) is 25.8 Å². The van der Waals surface area contributed by atoms with Crippen LogP contribution >= 0.6 is 23.2 Å². The molecule has 0 radical (unpaired) electrons. The lowest BCUT2D eigenvalue weighted by Crippen LogP contribution is -2.92. The highest BCUT2D eigenvalue weighted by molar-refractivity contribution is 6.31. The third-order valence-corrected chi connectivity index (χ3v) is 3.90. The molecule has 0 saturated heterocycles. The Morgan fingerprint density at radius 2 is 1.73 bits per heavy atom. The highest BCUT2D eigenvalue weighted by Gasteiger charge is 2.15. The van der Waals surface area contributed by atoms with Crippen molar-refractivity contribution in [2.24, 2.45) is 0 Å². The second kappa shape index (κ2) is 7.36. The molecule has 2 N–H and O–H groups in total. The standard InChI is InChI=1S/C18H21Cl2NO/c1-18(2,3)21-11-14-10-15(19)8-9-17(14)22-12-13-6-4-5-7-16(13)20/h4-10,21H,11-12H2,1-3H3/p+1. The molecule has 0 aliphatic heterocycles. The number of nitrogens with two attached hydrogens (primary N) is 1. The molecule has 2 nitrogen and oxygen atoms in total. The van der Waals surface area contributed by atoms with E-state index in [0.29, 0.717) is 6.61 Å². The molecule has 0 aliphatic rings. The second-order valence-corrected chi connectivity index (χ2v) is 7.25. The van der Waals surface area contributed by atoms with Crippen molar-refractivity contribution < 1.29 is 10.1 Å². The zero-order valence-corrected chi connectivity index (χ0v) is 14.7. The zero-order valence-electron chi connectivity index (χ0n) is 13.2. The maximum atomic E-state index is 6.17. The van der Waals surface area contributed by atoms with Crippen LogP contribution in [0.5, 0.6) is 5.75 Å². The molecule has 0 aliphatic carbocycles. The Hall–Kier alpha value is -1.22. The molecule has 2 aromatic carbocycles. The van der Waals surface area contributed by atoms with Gasteiger partial charge in [0.05, 0.1) is 5.54 Å². The average molecular weight is 339 g/mol. The Bertz CT molecular complexity index is 635. The van der Waals surface area contributed by atoms with E-state index in [2.05, 4.69) is 26.1 Å². The fourth-order valence-corrected chi connectivity index (χ4v) is 2.42. The van der Waals surface area contributed by atoms with Crippen LogP contribution in [-0.2, 0) is 13.2 Å². The van der Waals surface area contributed by atoms with Crippen LogP contribution in [-0.4, -0.2) is 5.54 Å². The van der Waals surface area contributed by atoms with Gasteiger partial charge in [-0.15, -0.1) is 0 Å². The number of rotatable bonds is 5. The fourth-order valence-electron chi connectivity index (χ4n) is 2.04. The molecular formula is C18H22Cl2NO+. The molecule has 0 aromatic heterocycles. The molecule has 0 unspecified atom stereocenters. The van der Waals surface area contributed by atoms with Crippen LogP contribution in [0.4, 0.5) is 0 Å². The summed E-state index contributed by atoms with van der Waals surface area (Å²) in [5.74, 6) is 0.852. The van der Waals surface area contributed by atoms with Crippen LogP contribution in [0.25, 0.3) is 0 Å². The maximum absolute atomic E-state index is 6.17. The molecule has 2 rings (SSSR count). The highest BCUT2D eigenvalue weighted by Crippen LogP contribution is 2.24. The smallest absolute Gasteiger partial charge is 0.128 e. The summed E-state index contributed by atoms with van der Waals surface area (Å²) in [6, 6.07) is 13.5. The summed E-state index contributed by atoms with van der Waals surface area (Å²) in [7, 11) is 0. The first-order chi connectivity index (χ1) is 10.3. The van der Waals surface area contributed by atoms with Gasteiger partial charge in [-0.05, 0) is 45.0 Å². The largest absolute Gasteiger partial charge is 0.488 e. The molecule has 0 fully saturated rings. The van der Waals surface area contributed by atoms with E-state index in [-0.39, 0.29) is 5.54 Å². The lowest BCUT2D eigenvalue weighted by atomic mass is 10.1. The van der Waals surface area contributed by atoms with Crippen LogP contribution in [0.2, 0.25) is 10.0 Å². The van der Waals surface area contributed by atoms with Gasteiger partial charge in [-0.25, -0.2) is 0 Å². The van der Waals surface area contributed by atoms with Crippen LogP contribution in [0, 0.1) is 0 Å². The molecular weight excluding hydrogens is 317 g/mol. The second-order valence-electron chi connectivity index (χ2n) is 6.41. The van der Waals surface area contributed by atoms with E-state index in [1.165, 1.54) is 0 Å². The molecule has 0 heterocycles. The molecule has 4 heteroatoms. The van der Waals surface area contributed by atoms with Gasteiger partial charge in [0.25, 0.3) is 0 Å². The van der Waals surface area contributed by atoms with Gasteiger partial charge in [0, 0.05) is 21.2 Å². The van der Waals surface area contributed by atoms with Crippen molar-refractivity contribution in [3.05, 3.63) is 63.6 Å². The first-order valence-electron chi connectivity index (χ1n) is 7.34. The van der Waals surface area contributed by atoms with Crippen LogP contribution in [0.3, 0.4) is 0 Å². The van der Waals surface area contributed by atoms with Gasteiger partial charge in [0.2, 0.25) is 0 Å². The summed E-state index contributed by atoms with van der Waals surface area (Å²) in [5.41, 5.74) is 2.22. The molecule has 0 bridgehead atoms. The number of hydrogen-bond donors (Lipinski definition) is 1. The molecule has 0 spiro atoms. The predicted molar refractivity (Wildman–Crippen MR) is 92.6 cm³/mol. The van der Waals surface area contributed by atoms with Crippen LogP contribution in [0.15, 0.2) is 42.5 Å². The minimum Gasteiger partial charge on any atom is -0.488 e. The SMILES string of the molecule is CC(C)(C)[NH2+]Cc1cc(Cl)ccc1OCc1ccccc1Cl. The zero-order chi connectivity index (χ0) is 16.2. The van der Waals surface area contributed by atoms with E-state index in [1.54, 1.807) is 0 Å². The third kappa shape index (κ3) is 5.20. The van der Waals surface area contributed by atoms with E-state index >= 15 is 0 Å². The third-order valence-electron chi connectivity index (χ3n) is 3.30. The number of ether oxygens (including phenoxy) is 1. The Balaban J connectivity index is 2.11. The number of hydrogen-bond acceptors (Lipinski definition) is 1. The van der Waals surface area contributed by atoms with Gasteiger partial charge in [-0.1, -0.05) is 41.4 Å². The fraction of sp³-hybridized carbons (Fsp3) is 0.333. The lowest BCUT2D eigenvalue weighted by Gasteiger charge is -2.18. The number of halogens is 2. The van der Waals surface area contributed by atoms with Crippen molar-refractivity contribution in [3.8, 4) is 5.75 Å². The quantitative estimate of drug-likeness (QED) is 0.857. The minimum atomic E-state index is 0.155. The first-order valence-corrected chi connectivity index (χ1v) is 8.10. The van der Waals surface area contributed by atoms with Gasteiger partial charge in [0.15, 0.2) is 0 Å². The summed E-state index contributed by atoms with van der Waals surface area (Å²) in [4.78, 5) is 0. The lowest BCUT2D eigenvalue weighted by molar-refractivity contribution is -0.731. The summed E-state index contributed by atoms with van der Waals surface area (Å²) in [6.45, 7) is 7.82. The maximum Gasteiger partial charge on any atom is 0.128 e. The number of quaternary nitrogens is 1. The van der Waals surface area contributed by atoms with Crippen molar-refractivity contribution in [1.29, 1.82) is 0 Å². The van der Waals surface area contributed by atoms with Crippen molar-refractivity contribution in [1.82, 2.24) is 0 Å². The van der Waals surface area contributed by atoms with Gasteiger partial charge in [0.1, 0.15) is 18.9 Å². The van der Waals surface area contributed by atoms with Gasteiger partial charge in [-0.2, -0.15) is 0 Å². The van der Waals surface area contributed by atoms with E-state index in [1.807, 2.05) is 42.5 Å². The summed E-state index contributed by atoms with van der Waals surface area (Å²) < 4.78 is 5.96. The Morgan fingerprint density at radius 1 is 1.00 bits per heavy atom. The van der Waals surface area contributed by atoms with Crippen molar-refractivity contribution in [2.75, 3.05) is 0 Å². The van der Waals surface area contributed by atoms with Crippen molar-refractivity contribution in [2.45, 2.75) is 39.5 Å². The van der Waals surface area contributed by atoms with Gasteiger partial charge in [-0.3, -0.25) is 0 Å². The Labute approximate surface area is 142 Å². The highest BCUT2D eigenvalue weighted by atomic mass is 35.5. The predicted octanol–water partition coefficient (Wildman–Crippen LogP) is 4.43. The minimum absolute atomic E-state index is 0.155. The van der Waals surface area contributed by atoms with Gasteiger partial charge < -0.3 is 10.1 Å². The van der Waals surface area contributed by atoms with Gasteiger partial charge >= 0.3 is 0 Å². The molecule has 0 amide bonds. The molecule has 0 saturated carbocycles. The first kappa shape index (κ1) is 17.1. The van der Waals surface area contributed by atoms with E-state index in [9.17, 15) is 0 Å².